The Morgan fingerprint density at radius 3 is 2.38 bits per heavy atom. The SMILES string of the molecule is C=CCN(C)c1nc(C)cc(C)n1. The molecule has 0 amide bonds. The van der Waals surface area contributed by atoms with Crippen LogP contribution in [0.4, 0.5) is 5.95 Å². The molecule has 3 nitrogen and oxygen atoms in total. The van der Waals surface area contributed by atoms with Gasteiger partial charge in [0.1, 0.15) is 0 Å². The maximum atomic E-state index is 4.32. The first kappa shape index (κ1) is 9.71. The maximum absolute atomic E-state index is 4.32. The predicted molar refractivity (Wildman–Crippen MR) is 55.0 cm³/mol. The van der Waals surface area contributed by atoms with E-state index in [1.165, 1.54) is 0 Å². The topological polar surface area (TPSA) is 29.0 Å². The third-order valence-electron chi connectivity index (χ3n) is 1.71. The van der Waals surface area contributed by atoms with Gasteiger partial charge in [-0.25, -0.2) is 9.97 Å². The van der Waals surface area contributed by atoms with Crippen molar-refractivity contribution >= 4 is 5.95 Å². The van der Waals surface area contributed by atoms with Gasteiger partial charge in [-0.15, -0.1) is 6.58 Å². The molecule has 0 N–H and O–H groups in total. The van der Waals surface area contributed by atoms with Crippen LogP contribution in [0.5, 0.6) is 0 Å². The first-order valence-corrected chi connectivity index (χ1v) is 4.28. The summed E-state index contributed by atoms with van der Waals surface area (Å²) in [6, 6.07) is 1.96. The van der Waals surface area contributed by atoms with Crippen LogP contribution in [0.15, 0.2) is 18.7 Å². The average Bonchev–Trinajstić information content (AvgIpc) is 2.03. The molecule has 0 aliphatic rings. The Kier molecular flexibility index (Phi) is 3.01. The van der Waals surface area contributed by atoms with Crippen LogP contribution in [0, 0.1) is 13.8 Å². The summed E-state index contributed by atoms with van der Waals surface area (Å²) in [5.41, 5.74) is 2.00. The molecule has 1 rings (SSSR count). The largest absolute Gasteiger partial charge is 0.340 e. The summed E-state index contributed by atoms with van der Waals surface area (Å²) in [4.78, 5) is 10.6. The molecule has 0 saturated heterocycles. The first-order valence-electron chi connectivity index (χ1n) is 4.28. The number of anilines is 1. The van der Waals surface area contributed by atoms with E-state index >= 15 is 0 Å². The van der Waals surface area contributed by atoms with E-state index in [9.17, 15) is 0 Å². The number of aryl methyl sites for hydroxylation is 2. The second-order valence-corrected chi connectivity index (χ2v) is 3.12. The molecule has 0 aromatic carbocycles. The summed E-state index contributed by atoms with van der Waals surface area (Å²) in [6.07, 6.45) is 1.83. The lowest BCUT2D eigenvalue weighted by atomic mass is 10.3. The molecule has 0 aliphatic carbocycles. The summed E-state index contributed by atoms with van der Waals surface area (Å²) >= 11 is 0. The van der Waals surface area contributed by atoms with Gasteiger partial charge in [0.05, 0.1) is 0 Å². The predicted octanol–water partition coefficient (Wildman–Crippen LogP) is 1.72. The molecule has 13 heavy (non-hydrogen) atoms. The van der Waals surface area contributed by atoms with E-state index in [4.69, 9.17) is 0 Å². The smallest absolute Gasteiger partial charge is 0.225 e. The van der Waals surface area contributed by atoms with E-state index in [0.29, 0.717) is 0 Å². The van der Waals surface area contributed by atoms with E-state index < -0.39 is 0 Å². The van der Waals surface area contributed by atoms with Gasteiger partial charge in [-0.1, -0.05) is 6.08 Å². The monoisotopic (exact) mass is 177 g/mol. The van der Waals surface area contributed by atoms with Gasteiger partial charge in [-0.2, -0.15) is 0 Å². The normalized spacial score (nSPS) is 9.77. The number of rotatable bonds is 3. The van der Waals surface area contributed by atoms with Crippen LogP contribution in [-0.2, 0) is 0 Å². The highest BCUT2D eigenvalue weighted by Gasteiger charge is 2.02. The third kappa shape index (κ3) is 2.54. The molecule has 0 fully saturated rings. The Morgan fingerprint density at radius 1 is 1.38 bits per heavy atom. The molecule has 0 radical (unpaired) electrons. The van der Waals surface area contributed by atoms with Crippen molar-refractivity contribution in [3.8, 4) is 0 Å². The lowest BCUT2D eigenvalue weighted by molar-refractivity contribution is 0.915. The van der Waals surface area contributed by atoms with Gasteiger partial charge < -0.3 is 4.90 Å². The zero-order valence-corrected chi connectivity index (χ0v) is 8.41. The minimum absolute atomic E-state index is 0.761. The molecule has 0 unspecified atom stereocenters. The lowest BCUT2D eigenvalue weighted by Gasteiger charge is -2.15. The number of likely N-dealkylation sites (N-methyl/N-ethyl adjacent to an activating group) is 1. The number of hydrogen-bond donors (Lipinski definition) is 0. The number of hydrogen-bond acceptors (Lipinski definition) is 3. The average molecular weight is 177 g/mol. The van der Waals surface area contributed by atoms with E-state index in [0.717, 1.165) is 23.9 Å². The molecule has 0 aliphatic heterocycles. The third-order valence-corrected chi connectivity index (χ3v) is 1.71. The van der Waals surface area contributed by atoms with E-state index in [1.807, 2.05) is 37.9 Å². The van der Waals surface area contributed by atoms with Gasteiger partial charge in [-0.05, 0) is 19.9 Å². The van der Waals surface area contributed by atoms with Crippen molar-refractivity contribution in [3.05, 3.63) is 30.1 Å². The second kappa shape index (κ2) is 4.03. The fourth-order valence-electron chi connectivity index (χ4n) is 1.15. The van der Waals surface area contributed by atoms with Crippen LogP contribution in [-0.4, -0.2) is 23.6 Å². The molecule has 70 valence electrons. The van der Waals surface area contributed by atoms with Crippen LogP contribution < -0.4 is 4.90 Å². The Hall–Kier alpha value is -1.38. The summed E-state index contributed by atoms with van der Waals surface area (Å²) in [7, 11) is 1.95. The zero-order valence-electron chi connectivity index (χ0n) is 8.41. The Balaban J connectivity index is 2.93. The molecule has 0 spiro atoms. The van der Waals surface area contributed by atoms with Crippen molar-refractivity contribution < 1.29 is 0 Å². The van der Waals surface area contributed by atoms with Crippen molar-refractivity contribution in [2.24, 2.45) is 0 Å². The molecular formula is C10H15N3. The molecule has 1 aromatic rings. The minimum atomic E-state index is 0.761. The standard InChI is InChI=1S/C10H15N3/c1-5-6-13(4)10-11-8(2)7-9(3)12-10/h5,7H,1,6H2,2-4H3. The van der Waals surface area contributed by atoms with Crippen molar-refractivity contribution in [1.82, 2.24) is 9.97 Å². The van der Waals surface area contributed by atoms with Crippen LogP contribution in [0.2, 0.25) is 0 Å². The molecule has 0 saturated carbocycles. The summed E-state index contributed by atoms with van der Waals surface area (Å²) < 4.78 is 0. The highest BCUT2D eigenvalue weighted by atomic mass is 15.2. The summed E-state index contributed by atoms with van der Waals surface area (Å²) in [6.45, 7) is 8.38. The summed E-state index contributed by atoms with van der Waals surface area (Å²) in [5.74, 6) is 0.761. The van der Waals surface area contributed by atoms with Gasteiger partial charge in [0, 0.05) is 25.0 Å². The molecule has 0 bridgehead atoms. The quantitative estimate of drug-likeness (QED) is 0.658. The fraction of sp³-hybridized carbons (Fsp3) is 0.400. The van der Waals surface area contributed by atoms with Crippen LogP contribution in [0.1, 0.15) is 11.4 Å². The fourth-order valence-corrected chi connectivity index (χ4v) is 1.15. The van der Waals surface area contributed by atoms with Gasteiger partial charge in [-0.3, -0.25) is 0 Å². The first-order chi connectivity index (χ1) is 6.13. The maximum Gasteiger partial charge on any atom is 0.225 e. The Morgan fingerprint density at radius 2 is 1.92 bits per heavy atom. The minimum Gasteiger partial charge on any atom is -0.340 e. The van der Waals surface area contributed by atoms with E-state index in [-0.39, 0.29) is 0 Å². The van der Waals surface area contributed by atoms with Crippen molar-refractivity contribution in [1.29, 1.82) is 0 Å². The lowest BCUT2D eigenvalue weighted by Crippen LogP contribution is -2.20. The van der Waals surface area contributed by atoms with Crippen molar-refractivity contribution in [2.45, 2.75) is 13.8 Å². The van der Waals surface area contributed by atoms with Crippen LogP contribution in [0.3, 0.4) is 0 Å². The van der Waals surface area contributed by atoms with Gasteiger partial charge in [0.2, 0.25) is 5.95 Å². The number of aromatic nitrogens is 2. The van der Waals surface area contributed by atoms with Crippen LogP contribution >= 0.6 is 0 Å². The second-order valence-electron chi connectivity index (χ2n) is 3.12. The van der Waals surface area contributed by atoms with Crippen molar-refractivity contribution in [3.63, 3.8) is 0 Å². The van der Waals surface area contributed by atoms with Gasteiger partial charge in [0.15, 0.2) is 0 Å². The Bertz CT molecular complexity index is 287. The molecule has 1 heterocycles. The zero-order chi connectivity index (χ0) is 9.84. The van der Waals surface area contributed by atoms with Crippen molar-refractivity contribution in [2.75, 3.05) is 18.5 Å². The van der Waals surface area contributed by atoms with E-state index in [2.05, 4.69) is 16.5 Å². The molecular weight excluding hydrogens is 162 g/mol. The molecule has 1 aromatic heterocycles. The molecule has 3 heteroatoms. The highest BCUT2D eigenvalue weighted by molar-refractivity contribution is 5.31. The van der Waals surface area contributed by atoms with E-state index in [1.54, 1.807) is 0 Å². The van der Waals surface area contributed by atoms with Gasteiger partial charge >= 0.3 is 0 Å². The molecule has 0 atom stereocenters. The van der Waals surface area contributed by atoms with Gasteiger partial charge in [0.25, 0.3) is 0 Å². The Labute approximate surface area is 79.1 Å². The number of nitrogens with zero attached hydrogens (tertiary/aromatic N) is 3. The van der Waals surface area contributed by atoms with Crippen LogP contribution in [0.25, 0.3) is 0 Å². The highest BCUT2D eigenvalue weighted by Crippen LogP contribution is 2.07. The summed E-state index contributed by atoms with van der Waals surface area (Å²) in [5, 5.41) is 0.